The van der Waals surface area contributed by atoms with Crippen molar-refractivity contribution in [1.82, 2.24) is 20.6 Å². The monoisotopic (exact) mass is 731 g/mol. The number of H-pyrrole nitrogens is 1. The van der Waals surface area contributed by atoms with E-state index in [1.54, 1.807) is 0 Å². The maximum Gasteiger partial charge on any atom is 0.416 e. The summed E-state index contributed by atoms with van der Waals surface area (Å²) in [5.41, 5.74) is -2.14. The van der Waals surface area contributed by atoms with Gasteiger partial charge in [0.05, 0.1) is 51.1 Å². The molecule has 3 aromatic carbocycles. The molecule has 4 fully saturated rings. The molecule has 0 spiro atoms. The Bertz CT molecular complexity index is 2080. The third kappa shape index (κ3) is 7.32. The van der Waals surface area contributed by atoms with Gasteiger partial charge in [-0.15, -0.1) is 0 Å². The number of nitrogens with one attached hydrogen (secondary N) is 4. The van der Waals surface area contributed by atoms with E-state index in [1.807, 2.05) is 0 Å². The van der Waals surface area contributed by atoms with Crippen molar-refractivity contribution in [2.24, 2.45) is 23.2 Å². The third-order valence-corrected chi connectivity index (χ3v) is 11.0. The molecule has 53 heavy (non-hydrogen) atoms. The highest BCUT2D eigenvalue weighted by molar-refractivity contribution is 6.10. The van der Waals surface area contributed by atoms with Crippen LogP contribution in [0.3, 0.4) is 0 Å². The quantitative estimate of drug-likeness (QED) is 0.107. The van der Waals surface area contributed by atoms with E-state index in [0.29, 0.717) is 35.3 Å². The lowest BCUT2D eigenvalue weighted by molar-refractivity contribution is -0.138. The molecule has 4 aliphatic rings. The SMILES string of the molecule is O=C(O)c1cc(NC(=O)C(CNC(=O)c2cc3nc[nH]c3cc2C(=O)NCC23CC4CC(CC(C4)C2)C3)c2ccccc2C(F)(F)F)cc(C(=O)O)c1. The van der Waals surface area contributed by atoms with Gasteiger partial charge in [-0.05, 0) is 104 Å². The average molecular weight is 732 g/mol. The molecule has 4 aliphatic carbocycles. The predicted octanol–water partition coefficient (Wildman–Crippen LogP) is 6.08. The third-order valence-electron chi connectivity index (χ3n) is 11.0. The van der Waals surface area contributed by atoms with Gasteiger partial charge in [-0.3, -0.25) is 14.4 Å². The maximum atomic E-state index is 14.2. The van der Waals surface area contributed by atoms with Crippen molar-refractivity contribution in [2.45, 2.75) is 50.6 Å². The first-order chi connectivity index (χ1) is 25.2. The van der Waals surface area contributed by atoms with Crippen molar-refractivity contribution in [3.8, 4) is 0 Å². The number of nitrogens with zero attached hydrogens (tertiary/aromatic N) is 1. The van der Waals surface area contributed by atoms with Crippen LogP contribution in [-0.2, 0) is 11.0 Å². The molecule has 4 saturated carbocycles. The Hall–Kier alpha value is -5.73. The molecule has 276 valence electrons. The number of alkyl halides is 3. The lowest BCUT2D eigenvalue weighted by Gasteiger charge is -2.56. The van der Waals surface area contributed by atoms with E-state index in [0.717, 1.165) is 55.7 Å². The van der Waals surface area contributed by atoms with Crippen LogP contribution in [0.15, 0.2) is 60.9 Å². The molecular weight excluding hydrogens is 695 g/mol. The summed E-state index contributed by atoms with van der Waals surface area (Å²) in [6.07, 6.45) is 3.35. The van der Waals surface area contributed by atoms with E-state index >= 15 is 0 Å². The van der Waals surface area contributed by atoms with E-state index in [9.17, 15) is 47.4 Å². The summed E-state index contributed by atoms with van der Waals surface area (Å²) in [7, 11) is 0. The molecule has 6 N–H and O–H groups in total. The van der Waals surface area contributed by atoms with E-state index in [2.05, 4.69) is 25.9 Å². The van der Waals surface area contributed by atoms with Crippen molar-refractivity contribution in [3.63, 3.8) is 0 Å². The summed E-state index contributed by atoms with van der Waals surface area (Å²) < 4.78 is 42.6. The van der Waals surface area contributed by atoms with Gasteiger partial charge in [0.15, 0.2) is 0 Å². The fraction of sp³-hybridized carbons (Fsp3) is 0.368. The number of aromatic nitrogens is 2. The predicted molar refractivity (Wildman–Crippen MR) is 185 cm³/mol. The highest BCUT2D eigenvalue weighted by Gasteiger charge is 2.51. The second-order valence-corrected chi connectivity index (χ2v) is 14.7. The number of imidazole rings is 1. The Morgan fingerprint density at radius 3 is 2.02 bits per heavy atom. The molecule has 3 amide bonds. The highest BCUT2D eigenvalue weighted by Crippen LogP contribution is 2.59. The zero-order valence-corrected chi connectivity index (χ0v) is 28.3. The first kappa shape index (κ1) is 35.7. The number of carboxylic acids is 2. The van der Waals surface area contributed by atoms with Crippen LogP contribution in [0.5, 0.6) is 0 Å². The molecule has 4 bridgehead atoms. The first-order valence-corrected chi connectivity index (χ1v) is 17.3. The molecule has 1 atom stereocenters. The van der Waals surface area contributed by atoms with Gasteiger partial charge >= 0.3 is 18.1 Å². The minimum absolute atomic E-state index is 0.00654. The Labute approximate surface area is 300 Å². The number of carbonyl (C=O) groups is 5. The van der Waals surface area contributed by atoms with Crippen LogP contribution in [0.1, 0.15) is 97.0 Å². The molecule has 15 heteroatoms. The van der Waals surface area contributed by atoms with Crippen molar-refractivity contribution in [3.05, 3.63) is 94.3 Å². The zero-order chi connectivity index (χ0) is 37.7. The second kappa shape index (κ2) is 13.7. The highest BCUT2D eigenvalue weighted by atomic mass is 19.4. The number of rotatable bonds is 11. The lowest BCUT2D eigenvalue weighted by atomic mass is 9.49. The van der Waals surface area contributed by atoms with Gasteiger partial charge in [0.1, 0.15) is 0 Å². The van der Waals surface area contributed by atoms with E-state index in [-0.39, 0.29) is 22.2 Å². The van der Waals surface area contributed by atoms with Crippen molar-refractivity contribution in [2.75, 3.05) is 18.4 Å². The number of carboxylic acid groups (broad SMARTS) is 2. The average Bonchev–Trinajstić information content (AvgIpc) is 3.57. The minimum Gasteiger partial charge on any atom is -0.478 e. The zero-order valence-electron chi connectivity index (χ0n) is 28.3. The molecular formula is C38H36F3N5O7. The number of aromatic carboxylic acids is 2. The summed E-state index contributed by atoms with van der Waals surface area (Å²) in [4.78, 5) is 71.9. The summed E-state index contributed by atoms with van der Waals surface area (Å²) in [6, 6.07) is 9.97. The van der Waals surface area contributed by atoms with Crippen LogP contribution >= 0.6 is 0 Å². The Balaban J connectivity index is 1.16. The Morgan fingerprint density at radius 1 is 0.830 bits per heavy atom. The number of hydrogen-bond donors (Lipinski definition) is 6. The van der Waals surface area contributed by atoms with Gasteiger partial charge in [0.2, 0.25) is 5.91 Å². The number of aromatic amines is 1. The molecule has 8 rings (SSSR count). The number of halogens is 3. The number of anilines is 1. The summed E-state index contributed by atoms with van der Waals surface area (Å²) in [6.45, 7) is -0.227. The Morgan fingerprint density at radius 2 is 1.42 bits per heavy atom. The fourth-order valence-electron chi connectivity index (χ4n) is 9.10. The summed E-state index contributed by atoms with van der Waals surface area (Å²) >= 11 is 0. The number of carbonyl (C=O) groups excluding carboxylic acids is 3. The van der Waals surface area contributed by atoms with Crippen molar-refractivity contribution >= 4 is 46.4 Å². The van der Waals surface area contributed by atoms with Crippen molar-refractivity contribution < 1.29 is 47.4 Å². The van der Waals surface area contributed by atoms with E-state index < -0.39 is 70.6 Å². The first-order valence-electron chi connectivity index (χ1n) is 17.3. The molecule has 1 aromatic heterocycles. The summed E-state index contributed by atoms with van der Waals surface area (Å²) in [5, 5.41) is 26.9. The van der Waals surface area contributed by atoms with Gasteiger partial charge in [-0.2, -0.15) is 13.2 Å². The molecule has 1 heterocycles. The van der Waals surface area contributed by atoms with Crippen LogP contribution < -0.4 is 16.0 Å². The smallest absolute Gasteiger partial charge is 0.416 e. The second-order valence-electron chi connectivity index (χ2n) is 14.7. The number of amides is 3. The van der Waals surface area contributed by atoms with Gasteiger partial charge in [-0.25, -0.2) is 14.6 Å². The normalized spacial score (nSPS) is 22.3. The minimum atomic E-state index is -4.90. The molecule has 0 radical (unpaired) electrons. The van der Waals surface area contributed by atoms with Crippen LogP contribution in [-0.4, -0.2) is 62.9 Å². The van der Waals surface area contributed by atoms with Crippen LogP contribution in [0.2, 0.25) is 0 Å². The lowest BCUT2D eigenvalue weighted by Crippen LogP contribution is -2.51. The molecule has 0 aliphatic heterocycles. The van der Waals surface area contributed by atoms with Gasteiger partial charge in [0.25, 0.3) is 11.8 Å². The van der Waals surface area contributed by atoms with Gasteiger partial charge in [0, 0.05) is 18.8 Å². The molecule has 4 aromatic rings. The number of hydrogen-bond acceptors (Lipinski definition) is 6. The van der Waals surface area contributed by atoms with Crippen LogP contribution in [0.4, 0.5) is 18.9 Å². The van der Waals surface area contributed by atoms with E-state index in [1.165, 1.54) is 43.8 Å². The number of fused-ring (bicyclic) bond motifs is 1. The van der Waals surface area contributed by atoms with Gasteiger partial charge < -0.3 is 31.1 Å². The largest absolute Gasteiger partial charge is 0.478 e. The fourth-order valence-corrected chi connectivity index (χ4v) is 9.10. The summed E-state index contributed by atoms with van der Waals surface area (Å²) in [5.74, 6) is -5.15. The van der Waals surface area contributed by atoms with Crippen LogP contribution in [0.25, 0.3) is 11.0 Å². The molecule has 1 unspecified atom stereocenters. The Kier molecular flexibility index (Phi) is 9.20. The molecule has 12 nitrogen and oxygen atoms in total. The van der Waals surface area contributed by atoms with E-state index in [4.69, 9.17) is 0 Å². The number of benzene rings is 3. The standard InChI is InChI=1S/C38H36F3N5O7/c39-38(40,41)29-4-2-1-3-25(29)28(34(49)46-24-9-22(35(50)51)8-23(10-24)36(52)53)16-42-32(47)26-11-30-31(45-18-44-30)12-27(26)33(48)43-17-37-13-19-5-20(14-37)7-21(6-19)15-37/h1-4,8-12,18-21,28H,5-7,13-17H2,(H,42,47)(H,43,48)(H,44,45)(H,46,49)(H,50,51)(H,52,53). The van der Waals surface area contributed by atoms with Crippen molar-refractivity contribution in [1.29, 1.82) is 0 Å². The maximum absolute atomic E-state index is 14.2. The topological polar surface area (TPSA) is 191 Å². The van der Waals surface area contributed by atoms with Crippen LogP contribution in [0, 0.1) is 23.2 Å². The van der Waals surface area contributed by atoms with Gasteiger partial charge in [-0.1, -0.05) is 18.2 Å². The molecule has 0 saturated heterocycles.